The van der Waals surface area contributed by atoms with Gasteiger partial charge in [0.05, 0.1) is 0 Å². The molecule has 0 aliphatic heterocycles. The average molecular weight is 396 g/mol. The van der Waals surface area contributed by atoms with E-state index in [1.807, 2.05) is 0 Å². The summed E-state index contributed by atoms with van der Waals surface area (Å²) < 4.78 is 50.8. The fourth-order valence-corrected chi connectivity index (χ4v) is 3.95. The van der Waals surface area contributed by atoms with E-state index in [1.54, 1.807) is 56.3 Å². The summed E-state index contributed by atoms with van der Waals surface area (Å²) in [5.74, 6) is -0.218. The van der Waals surface area contributed by atoms with Crippen LogP contribution in [0.2, 0.25) is 0 Å². The SMILES string of the molecule is Cc1cc(C(c2ccccc2)(c2cc3ccccc3o2)C(F)(F)F)cc(C)c1O. The highest BCUT2D eigenvalue weighted by molar-refractivity contribution is 5.79. The summed E-state index contributed by atoms with van der Waals surface area (Å²) in [6.45, 7) is 3.19. The van der Waals surface area contributed by atoms with Crippen LogP contribution in [-0.2, 0) is 5.41 Å². The number of hydrogen-bond acceptors (Lipinski definition) is 2. The molecule has 29 heavy (non-hydrogen) atoms. The van der Waals surface area contributed by atoms with Gasteiger partial charge in [-0.1, -0.05) is 60.7 Å². The summed E-state index contributed by atoms with van der Waals surface area (Å²) in [5.41, 5.74) is -1.32. The number of benzene rings is 3. The molecule has 4 rings (SSSR count). The van der Waals surface area contributed by atoms with E-state index in [1.165, 1.54) is 30.3 Å². The highest BCUT2D eigenvalue weighted by Gasteiger charge is 2.60. The van der Waals surface area contributed by atoms with Crippen molar-refractivity contribution in [1.29, 1.82) is 0 Å². The van der Waals surface area contributed by atoms with Crippen LogP contribution >= 0.6 is 0 Å². The average Bonchev–Trinajstić information content (AvgIpc) is 3.10. The molecule has 1 aromatic heterocycles. The molecule has 0 aliphatic carbocycles. The number of phenolic OH excluding ortho intramolecular Hbond substituents is 1. The molecule has 1 heterocycles. The Labute approximate surface area is 166 Å². The van der Waals surface area contributed by atoms with Gasteiger partial charge in [-0.3, -0.25) is 0 Å². The minimum absolute atomic E-state index is 0.00283. The Hall–Kier alpha value is -3.21. The van der Waals surface area contributed by atoms with Crippen molar-refractivity contribution in [3.05, 3.63) is 101 Å². The number of para-hydroxylation sites is 1. The maximum Gasteiger partial charge on any atom is 0.409 e. The Bertz CT molecular complexity index is 1120. The van der Waals surface area contributed by atoms with Crippen LogP contribution in [0.3, 0.4) is 0 Å². The number of hydrogen-bond donors (Lipinski definition) is 1. The minimum atomic E-state index is -4.70. The topological polar surface area (TPSA) is 33.4 Å². The summed E-state index contributed by atoms with van der Waals surface area (Å²) in [6, 6.07) is 18.8. The third-order valence-corrected chi connectivity index (χ3v) is 5.35. The van der Waals surface area contributed by atoms with Crippen molar-refractivity contribution < 1.29 is 22.7 Å². The van der Waals surface area contributed by atoms with E-state index in [0.29, 0.717) is 22.1 Å². The third-order valence-electron chi connectivity index (χ3n) is 5.35. The zero-order chi connectivity index (χ0) is 20.8. The van der Waals surface area contributed by atoms with Gasteiger partial charge in [0.15, 0.2) is 5.41 Å². The van der Waals surface area contributed by atoms with Gasteiger partial charge in [-0.25, -0.2) is 0 Å². The first kappa shape index (κ1) is 19.1. The minimum Gasteiger partial charge on any atom is -0.507 e. The lowest BCUT2D eigenvalue weighted by Gasteiger charge is -2.35. The van der Waals surface area contributed by atoms with Gasteiger partial charge in [0.25, 0.3) is 0 Å². The fourth-order valence-electron chi connectivity index (χ4n) is 3.95. The van der Waals surface area contributed by atoms with Gasteiger partial charge in [0, 0.05) is 5.39 Å². The van der Waals surface area contributed by atoms with Crippen molar-refractivity contribution in [1.82, 2.24) is 0 Å². The largest absolute Gasteiger partial charge is 0.507 e. The molecule has 0 radical (unpaired) electrons. The molecule has 5 heteroatoms. The number of rotatable bonds is 3. The normalized spacial score (nSPS) is 14.1. The van der Waals surface area contributed by atoms with Crippen LogP contribution in [0.4, 0.5) is 13.2 Å². The van der Waals surface area contributed by atoms with Crippen LogP contribution in [0.1, 0.15) is 28.0 Å². The molecule has 0 saturated carbocycles. The first-order valence-corrected chi connectivity index (χ1v) is 9.17. The van der Waals surface area contributed by atoms with E-state index in [4.69, 9.17) is 4.42 Å². The number of halogens is 3. The molecule has 0 bridgehead atoms. The molecule has 0 aliphatic rings. The number of aromatic hydroxyl groups is 1. The van der Waals surface area contributed by atoms with Gasteiger partial charge in [-0.05, 0) is 48.2 Å². The molecular formula is C24H19F3O2. The van der Waals surface area contributed by atoms with Crippen LogP contribution < -0.4 is 0 Å². The van der Waals surface area contributed by atoms with E-state index in [-0.39, 0.29) is 22.6 Å². The van der Waals surface area contributed by atoms with Gasteiger partial charge in [-0.2, -0.15) is 13.2 Å². The van der Waals surface area contributed by atoms with Gasteiger partial charge < -0.3 is 9.52 Å². The summed E-state index contributed by atoms with van der Waals surface area (Å²) >= 11 is 0. The smallest absolute Gasteiger partial charge is 0.409 e. The molecule has 148 valence electrons. The molecule has 3 aromatic carbocycles. The molecule has 4 aromatic rings. The Morgan fingerprint density at radius 2 is 1.34 bits per heavy atom. The predicted molar refractivity (Wildman–Crippen MR) is 106 cm³/mol. The second-order valence-corrected chi connectivity index (χ2v) is 7.22. The summed E-state index contributed by atoms with van der Waals surface area (Å²) in [4.78, 5) is 0. The Morgan fingerprint density at radius 1 is 0.759 bits per heavy atom. The maximum atomic E-state index is 15.0. The lowest BCUT2D eigenvalue weighted by Crippen LogP contribution is -2.44. The van der Waals surface area contributed by atoms with Crippen molar-refractivity contribution in [2.24, 2.45) is 0 Å². The zero-order valence-electron chi connectivity index (χ0n) is 15.9. The monoisotopic (exact) mass is 396 g/mol. The molecule has 0 fully saturated rings. The van der Waals surface area contributed by atoms with Crippen LogP contribution in [-0.4, -0.2) is 11.3 Å². The lowest BCUT2D eigenvalue weighted by molar-refractivity contribution is -0.170. The molecule has 1 unspecified atom stereocenters. The first-order valence-electron chi connectivity index (χ1n) is 9.17. The van der Waals surface area contributed by atoms with Crippen LogP contribution in [0, 0.1) is 13.8 Å². The number of fused-ring (bicyclic) bond motifs is 1. The highest BCUT2D eigenvalue weighted by Crippen LogP contribution is 2.53. The number of furan rings is 1. The molecule has 2 nitrogen and oxygen atoms in total. The fraction of sp³-hybridized carbons (Fsp3) is 0.167. The van der Waals surface area contributed by atoms with Gasteiger partial charge in [0.1, 0.15) is 17.1 Å². The van der Waals surface area contributed by atoms with Crippen LogP contribution in [0.5, 0.6) is 5.75 Å². The second kappa shape index (κ2) is 6.69. The van der Waals surface area contributed by atoms with E-state index < -0.39 is 11.6 Å². The van der Waals surface area contributed by atoms with E-state index >= 15 is 13.2 Å². The Morgan fingerprint density at radius 3 is 1.93 bits per heavy atom. The predicted octanol–water partition coefficient (Wildman–Crippen LogP) is 6.65. The van der Waals surface area contributed by atoms with Crippen LogP contribution in [0.15, 0.2) is 77.2 Å². The summed E-state index contributed by atoms with van der Waals surface area (Å²) in [7, 11) is 0. The Balaban J connectivity index is 2.16. The number of phenols is 1. The van der Waals surface area contributed by atoms with E-state index in [9.17, 15) is 5.11 Å². The van der Waals surface area contributed by atoms with Crippen molar-refractivity contribution in [2.45, 2.75) is 25.4 Å². The van der Waals surface area contributed by atoms with Crippen molar-refractivity contribution in [3.8, 4) is 5.75 Å². The standard InChI is InChI=1S/C24H19F3O2/c1-15-12-19(13-16(2)22(15)28)23(24(25,26)27,18-9-4-3-5-10-18)21-14-17-8-6-7-11-20(17)29-21/h3-14,28H,1-2H3. The quantitative estimate of drug-likeness (QED) is 0.420. The molecule has 0 spiro atoms. The third kappa shape index (κ3) is 2.89. The van der Waals surface area contributed by atoms with Crippen molar-refractivity contribution >= 4 is 11.0 Å². The number of alkyl halides is 3. The molecule has 1 N–H and O–H groups in total. The second-order valence-electron chi connectivity index (χ2n) is 7.22. The molecule has 0 saturated heterocycles. The summed E-state index contributed by atoms with van der Waals surface area (Å²) in [6.07, 6.45) is -4.70. The maximum absolute atomic E-state index is 15.0. The molecule has 0 amide bonds. The van der Waals surface area contributed by atoms with Crippen LogP contribution in [0.25, 0.3) is 11.0 Å². The highest BCUT2D eigenvalue weighted by atomic mass is 19.4. The Kier molecular flexibility index (Phi) is 4.41. The van der Waals surface area contributed by atoms with Gasteiger partial charge in [-0.15, -0.1) is 0 Å². The van der Waals surface area contributed by atoms with Gasteiger partial charge in [0.2, 0.25) is 0 Å². The number of aryl methyl sites for hydroxylation is 2. The first-order chi connectivity index (χ1) is 13.7. The van der Waals surface area contributed by atoms with Gasteiger partial charge >= 0.3 is 6.18 Å². The van der Waals surface area contributed by atoms with Crippen molar-refractivity contribution in [3.63, 3.8) is 0 Å². The lowest BCUT2D eigenvalue weighted by atomic mass is 9.71. The van der Waals surface area contributed by atoms with E-state index in [2.05, 4.69) is 0 Å². The molecule has 1 atom stereocenters. The zero-order valence-corrected chi connectivity index (χ0v) is 15.9. The van der Waals surface area contributed by atoms with Crippen molar-refractivity contribution in [2.75, 3.05) is 0 Å². The molecular weight excluding hydrogens is 377 g/mol. The summed E-state index contributed by atoms with van der Waals surface area (Å²) in [5, 5.41) is 10.7. The van der Waals surface area contributed by atoms with E-state index in [0.717, 1.165) is 0 Å².